The number of likely N-dealkylation sites (N-methyl/N-ethyl adjacent to an activating group) is 1. The third kappa shape index (κ3) is 9.17. The smallest absolute Gasteiger partial charge is 0.255 e. The lowest BCUT2D eigenvalue weighted by Crippen LogP contribution is -2.55. The summed E-state index contributed by atoms with van der Waals surface area (Å²) < 4.78 is 17.0. The zero-order valence-corrected chi connectivity index (χ0v) is 25.6. The molecule has 1 atom stereocenters. The summed E-state index contributed by atoms with van der Waals surface area (Å²) in [4.78, 5) is 58.6. The van der Waals surface area contributed by atoms with Gasteiger partial charge in [0.1, 0.15) is 24.1 Å². The van der Waals surface area contributed by atoms with Gasteiger partial charge >= 0.3 is 0 Å². The van der Waals surface area contributed by atoms with Gasteiger partial charge in [-0.05, 0) is 37.1 Å². The van der Waals surface area contributed by atoms with E-state index >= 15 is 0 Å². The highest BCUT2D eigenvalue weighted by atomic mass is 16.5. The number of piperazine rings is 1. The Balaban J connectivity index is 1.50. The highest BCUT2D eigenvalue weighted by Gasteiger charge is 2.30. The first-order valence-corrected chi connectivity index (χ1v) is 15.1. The molecule has 0 spiro atoms. The van der Waals surface area contributed by atoms with Gasteiger partial charge in [-0.2, -0.15) is 0 Å². The summed E-state index contributed by atoms with van der Waals surface area (Å²) in [6.45, 7) is 4.96. The quantitative estimate of drug-likeness (QED) is 0.533. The minimum Gasteiger partial charge on any atom is -0.493 e. The topological polar surface area (TPSA) is 130 Å². The number of amides is 4. The fraction of sp³-hybridized carbons (Fsp3) is 0.500. The Bertz CT molecular complexity index is 1280. The molecule has 0 unspecified atom stereocenters. The highest BCUT2D eigenvalue weighted by molar-refractivity contribution is 6.00. The Morgan fingerprint density at radius 2 is 1.52 bits per heavy atom. The molecular formula is C32H43N5O7. The molecule has 0 aromatic heterocycles. The summed E-state index contributed by atoms with van der Waals surface area (Å²) in [5.41, 5.74) is 0.697. The Hall–Kier alpha value is -4.16. The minimum absolute atomic E-state index is 0.0537. The van der Waals surface area contributed by atoms with Crippen LogP contribution in [0.5, 0.6) is 11.5 Å². The molecular weight excluding hydrogens is 566 g/mol. The zero-order valence-electron chi connectivity index (χ0n) is 25.6. The van der Waals surface area contributed by atoms with Crippen LogP contribution in [0.25, 0.3) is 0 Å². The number of para-hydroxylation sites is 2. The van der Waals surface area contributed by atoms with E-state index in [4.69, 9.17) is 14.2 Å². The molecule has 2 aliphatic heterocycles. The van der Waals surface area contributed by atoms with Gasteiger partial charge in [0.05, 0.1) is 30.9 Å². The van der Waals surface area contributed by atoms with Crippen LogP contribution in [-0.2, 0) is 14.3 Å². The van der Waals surface area contributed by atoms with Crippen molar-refractivity contribution in [2.24, 2.45) is 0 Å². The molecule has 1 fully saturated rings. The molecule has 4 rings (SSSR count). The van der Waals surface area contributed by atoms with Crippen LogP contribution >= 0.6 is 0 Å². The van der Waals surface area contributed by atoms with E-state index in [1.54, 1.807) is 67.6 Å². The number of benzene rings is 2. The predicted molar refractivity (Wildman–Crippen MR) is 164 cm³/mol. The Labute approximate surface area is 258 Å². The van der Waals surface area contributed by atoms with Crippen molar-refractivity contribution >= 4 is 23.6 Å². The van der Waals surface area contributed by atoms with Crippen molar-refractivity contribution in [1.29, 1.82) is 0 Å². The lowest BCUT2D eigenvalue weighted by atomic mass is 10.1. The first-order chi connectivity index (χ1) is 21.4. The molecule has 12 nitrogen and oxygen atoms in total. The van der Waals surface area contributed by atoms with Crippen LogP contribution in [0.2, 0.25) is 0 Å². The summed E-state index contributed by atoms with van der Waals surface area (Å²) in [6, 6.07) is 12.9. The standard InChI is InChI=1S/C32H43N5O7/c1-35-19-23-44-27-10-5-3-8-24(27)30(39)33-14-7-21-43-28-11-6-4-9-25(28)31(40)34-26(12-13-29(35)38)32(41)37-17-15-36(16-18-37)20-22-42-2/h3-6,8-11,26H,7,12-23H2,1-2H3,(H,33,39)(H,34,40)/t26-/m0/s1. The SMILES string of the molecule is COCCN1CCN(C(=O)[C@@H]2CCC(=O)N(C)CCOc3ccccc3C(=O)NCCCOc3ccccc3C(=O)N2)CC1. The number of hydrogen-bond acceptors (Lipinski definition) is 8. The van der Waals surface area contributed by atoms with Gasteiger partial charge in [-0.1, -0.05) is 24.3 Å². The van der Waals surface area contributed by atoms with Crippen molar-refractivity contribution in [1.82, 2.24) is 25.3 Å². The van der Waals surface area contributed by atoms with Gasteiger partial charge in [0.25, 0.3) is 11.8 Å². The van der Waals surface area contributed by atoms with Crippen molar-refractivity contribution in [3.63, 3.8) is 0 Å². The molecule has 0 bridgehead atoms. The number of fused-ring (bicyclic) bond motifs is 2. The molecule has 0 aliphatic carbocycles. The lowest BCUT2D eigenvalue weighted by Gasteiger charge is -2.36. The van der Waals surface area contributed by atoms with Gasteiger partial charge in [-0.3, -0.25) is 24.1 Å². The number of carbonyl (C=O) groups excluding carboxylic acids is 4. The van der Waals surface area contributed by atoms with Crippen molar-refractivity contribution in [3.8, 4) is 11.5 Å². The van der Waals surface area contributed by atoms with Gasteiger partial charge in [-0.15, -0.1) is 0 Å². The number of rotatable bonds is 4. The first-order valence-electron chi connectivity index (χ1n) is 15.1. The molecule has 0 saturated carbocycles. The number of carbonyl (C=O) groups is 4. The summed E-state index contributed by atoms with van der Waals surface area (Å²) in [6.07, 6.45) is 0.706. The van der Waals surface area contributed by atoms with E-state index in [2.05, 4.69) is 15.5 Å². The predicted octanol–water partition coefficient (Wildman–Crippen LogP) is 1.41. The van der Waals surface area contributed by atoms with Crippen LogP contribution in [0, 0.1) is 0 Å². The number of nitrogens with one attached hydrogen (secondary N) is 2. The van der Waals surface area contributed by atoms with E-state index in [0.29, 0.717) is 68.4 Å². The summed E-state index contributed by atoms with van der Waals surface area (Å²) in [7, 11) is 3.33. The van der Waals surface area contributed by atoms with Crippen LogP contribution in [0.1, 0.15) is 40.0 Å². The first kappa shape index (κ1) is 32.7. The Kier molecular flexibility index (Phi) is 12.4. The summed E-state index contributed by atoms with van der Waals surface area (Å²) in [5, 5.41) is 5.77. The summed E-state index contributed by atoms with van der Waals surface area (Å²) >= 11 is 0. The maximum atomic E-state index is 13.7. The second-order valence-electron chi connectivity index (χ2n) is 10.8. The third-order valence-electron chi connectivity index (χ3n) is 7.78. The molecule has 4 amide bonds. The number of ether oxygens (including phenoxy) is 3. The van der Waals surface area contributed by atoms with E-state index in [0.717, 1.165) is 6.54 Å². The van der Waals surface area contributed by atoms with Crippen molar-refractivity contribution in [2.75, 3.05) is 79.8 Å². The van der Waals surface area contributed by atoms with Gasteiger partial charge in [0.15, 0.2) is 0 Å². The van der Waals surface area contributed by atoms with Crippen LogP contribution in [0.3, 0.4) is 0 Å². The molecule has 12 heteroatoms. The average Bonchev–Trinajstić information content (AvgIpc) is 3.05. The van der Waals surface area contributed by atoms with Gasteiger partial charge in [-0.25, -0.2) is 0 Å². The fourth-order valence-electron chi connectivity index (χ4n) is 5.11. The molecule has 2 aromatic carbocycles. The molecule has 2 N–H and O–H groups in total. The van der Waals surface area contributed by atoms with Crippen LogP contribution in [-0.4, -0.2) is 124 Å². The monoisotopic (exact) mass is 609 g/mol. The molecule has 1 saturated heterocycles. The molecule has 2 aromatic rings. The number of hydrogen-bond donors (Lipinski definition) is 2. The van der Waals surface area contributed by atoms with Crippen LogP contribution in [0.4, 0.5) is 0 Å². The van der Waals surface area contributed by atoms with E-state index in [-0.39, 0.29) is 50.3 Å². The van der Waals surface area contributed by atoms with Gasteiger partial charge in [0.2, 0.25) is 11.8 Å². The lowest BCUT2D eigenvalue weighted by molar-refractivity contribution is -0.136. The molecule has 238 valence electrons. The third-order valence-corrected chi connectivity index (χ3v) is 7.78. The van der Waals surface area contributed by atoms with Crippen molar-refractivity contribution in [3.05, 3.63) is 59.7 Å². The average molecular weight is 610 g/mol. The second-order valence-corrected chi connectivity index (χ2v) is 10.8. The van der Waals surface area contributed by atoms with E-state index in [9.17, 15) is 19.2 Å². The molecule has 0 radical (unpaired) electrons. The van der Waals surface area contributed by atoms with E-state index in [1.807, 2.05) is 0 Å². The maximum Gasteiger partial charge on any atom is 0.255 e. The van der Waals surface area contributed by atoms with Gasteiger partial charge in [0, 0.05) is 59.8 Å². The zero-order chi connectivity index (χ0) is 31.3. The summed E-state index contributed by atoms with van der Waals surface area (Å²) in [5.74, 6) is -0.317. The highest BCUT2D eigenvalue weighted by Crippen LogP contribution is 2.20. The van der Waals surface area contributed by atoms with E-state index < -0.39 is 11.9 Å². The van der Waals surface area contributed by atoms with E-state index in [1.165, 1.54) is 4.90 Å². The van der Waals surface area contributed by atoms with Gasteiger partial charge < -0.3 is 34.6 Å². The fourth-order valence-corrected chi connectivity index (χ4v) is 5.11. The second kappa shape index (κ2) is 16.6. The largest absolute Gasteiger partial charge is 0.493 e. The van der Waals surface area contributed by atoms with Crippen molar-refractivity contribution in [2.45, 2.75) is 25.3 Å². The van der Waals surface area contributed by atoms with Crippen LogP contribution < -0.4 is 20.1 Å². The Morgan fingerprint density at radius 3 is 2.20 bits per heavy atom. The normalized spacial score (nSPS) is 19.9. The number of methoxy groups -OCH3 is 1. The molecule has 2 heterocycles. The van der Waals surface area contributed by atoms with Crippen molar-refractivity contribution < 1.29 is 33.4 Å². The molecule has 44 heavy (non-hydrogen) atoms. The maximum absolute atomic E-state index is 13.7. The molecule has 2 aliphatic rings. The Morgan fingerprint density at radius 1 is 0.886 bits per heavy atom. The minimum atomic E-state index is -0.887. The van der Waals surface area contributed by atoms with Crippen LogP contribution in [0.15, 0.2) is 48.5 Å². The number of nitrogens with zero attached hydrogens (tertiary/aromatic N) is 3.